The molecule has 5 nitrogen and oxygen atoms in total. The predicted octanol–water partition coefficient (Wildman–Crippen LogP) is 5.43. The monoisotopic (exact) mass is 489 g/mol. The number of hydrogen-bond acceptors (Lipinski definition) is 4. The van der Waals surface area contributed by atoms with E-state index in [1.807, 2.05) is 0 Å². The summed E-state index contributed by atoms with van der Waals surface area (Å²) in [4.78, 5) is -0.192. The molecule has 0 fully saturated rings. The molecule has 3 aromatic carbocycles. The highest BCUT2D eigenvalue weighted by atomic mass is 32.2. The summed E-state index contributed by atoms with van der Waals surface area (Å²) < 4.78 is 114. The van der Waals surface area contributed by atoms with Gasteiger partial charge in [0.05, 0.1) is 16.0 Å². The molecule has 1 aliphatic rings. The van der Waals surface area contributed by atoms with Gasteiger partial charge in [-0.15, -0.1) is 0 Å². The minimum Gasteiger partial charge on any atom is -0.454 e. The quantitative estimate of drug-likeness (QED) is 0.498. The molecular weight excluding hydrogens is 476 g/mol. The minimum atomic E-state index is -5.26. The minimum absolute atomic E-state index is 0.127. The molecule has 1 aliphatic heterocycles. The van der Waals surface area contributed by atoms with Crippen LogP contribution >= 0.6 is 0 Å². The van der Waals surface area contributed by atoms with Gasteiger partial charge in [-0.05, 0) is 58.7 Å². The summed E-state index contributed by atoms with van der Waals surface area (Å²) in [5, 5.41) is 5.08. The number of rotatable bonds is 3. The van der Waals surface area contributed by atoms with E-state index in [2.05, 4.69) is 0 Å². The number of ether oxygens (including phenoxy) is 2. The van der Waals surface area contributed by atoms with Crippen molar-refractivity contribution in [1.29, 1.82) is 0 Å². The Labute approximate surface area is 183 Å². The molecule has 0 saturated heterocycles. The molecule has 0 amide bonds. The molecular formula is C21H13F6NO4S. The average molecular weight is 489 g/mol. The van der Waals surface area contributed by atoms with E-state index in [-0.39, 0.29) is 39.9 Å². The fourth-order valence-electron chi connectivity index (χ4n) is 3.44. The van der Waals surface area contributed by atoms with Crippen LogP contribution in [0.5, 0.6) is 11.5 Å². The Morgan fingerprint density at radius 1 is 0.697 bits per heavy atom. The Bertz CT molecular complexity index is 1330. The lowest BCUT2D eigenvalue weighted by Gasteiger charge is -2.18. The molecule has 0 atom stereocenters. The standard InChI is InChI=1S/C21H13F6NO4S/c22-20(23,24)16-6-3-12(7-17(16)21(25,26)27)15-9-19-18(31-10-32-19)8-14(15)11-1-4-13(5-2-11)33(28,29)30/h1-9H,10H2,(H2,28,29,30). The summed E-state index contributed by atoms with van der Waals surface area (Å²) >= 11 is 0. The van der Waals surface area contributed by atoms with Gasteiger partial charge in [-0.2, -0.15) is 26.3 Å². The Kier molecular flexibility index (Phi) is 5.32. The van der Waals surface area contributed by atoms with E-state index in [9.17, 15) is 34.8 Å². The first kappa shape index (κ1) is 22.9. The summed E-state index contributed by atoms with van der Waals surface area (Å²) in [7, 11) is -3.99. The van der Waals surface area contributed by atoms with Gasteiger partial charge in [-0.25, -0.2) is 13.6 Å². The number of fused-ring (bicyclic) bond motifs is 1. The lowest BCUT2D eigenvalue weighted by atomic mass is 9.91. The van der Waals surface area contributed by atoms with Gasteiger partial charge in [0.1, 0.15) is 0 Å². The van der Waals surface area contributed by atoms with Gasteiger partial charge in [-0.3, -0.25) is 0 Å². The number of nitrogens with two attached hydrogens (primary N) is 1. The van der Waals surface area contributed by atoms with E-state index in [0.717, 1.165) is 6.07 Å². The van der Waals surface area contributed by atoms with Crippen molar-refractivity contribution in [3.8, 4) is 33.8 Å². The third-order valence-corrected chi connectivity index (χ3v) is 5.88. The van der Waals surface area contributed by atoms with E-state index in [1.165, 1.54) is 36.4 Å². The summed E-state index contributed by atoms with van der Waals surface area (Å²) in [5.41, 5.74) is -3.02. The zero-order valence-electron chi connectivity index (χ0n) is 16.3. The summed E-state index contributed by atoms with van der Waals surface area (Å²) in [5.74, 6) is 0.468. The molecule has 1 heterocycles. The van der Waals surface area contributed by atoms with Crippen LogP contribution in [0.4, 0.5) is 26.3 Å². The molecule has 0 bridgehead atoms. The zero-order chi connectivity index (χ0) is 24.2. The fourth-order valence-corrected chi connectivity index (χ4v) is 3.95. The predicted molar refractivity (Wildman–Crippen MR) is 105 cm³/mol. The second-order valence-corrected chi connectivity index (χ2v) is 8.64. The number of halogens is 6. The Hall–Kier alpha value is -3.25. The zero-order valence-corrected chi connectivity index (χ0v) is 17.1. The first-order chi connectivity index (χ1) is 15.2. The molecule has 33 heavy (non-hydrogen) atoms. The van der Waals surface area contributed by atoms with Gasteiger partial charge in [0.25, 0.3) is 0 Å². The van der Waals surface area contributed by atoms with E-state index in [0.29, 0.717) is 17.7 Å². The largest absolute Gasteiger partial charge is 0.454 e. The van der Waals surface area contributed by atoms with E-state index >= 15 is 0 Å². The van der Waals surface area contributed by atoms with E-state index < -0.39 is 33.5 Å². The van der Waals surface area contributed by atoms with Gasteiger partial charge >= 0.3 is 12.4 Å². The van der Waals surface area contributed by atoms with Crippen molar-refractivity contribution in [2.24, 2.45) is 5.14 Å². The molecule has 4 rings (SSSR count). The maximum atomic E-state index is 13.5. The molecule has 12 heteroatoms. The molecule has 174 valence electrons. The molecule has 3 aromatic rings. The topological polar surface area (TPSA) is 78.6 Å². The van der Waals surface area contributed by atoms with Crippen molar-refractivity contribution in [2.75, 3.05) is 6.79 Å². The van der Waals surface area contributed by atoms with Crippen molar-refractivity contribution in [2.45, 2.75) is 17.2 Å². The first-order valence-electron chi connectivity index (χ1n) is 9.11. The van der Waals surface area contributed by atoms with Gasteiger partial charge in [0.2, 0.25) is 16.8 Å². The van der Waals surface area contributed by atoms with Crippen molar-refractivity contribution >= 4 is 10.0 Å². The van der Waals surface area contributed by atoms with Crippen molar-refractivity contribution in [1.82, 2.24) is 0 Å². The first-order valence-corrected chi connectivity index (χ1v) is 10.7. The smallest absolute Gasteiger partial charge is 0.417 e. The number of alkyl halides is 6. The van der Waals surface area contributed by atoms with E-state index in [4.69, 9.17) is 14.6 Å². The highest BCUT2D eigenvalue weighted by Crippen LogP contribution is 2.46. The highest BCUT2D eigenvalue weighted by Gasteiger charge is 2.43. The van der Waals surface area contributed by atoms with Gasteiger partial charge in [0.15, 0.2) is 11.5 Å². The highest BCUT2D eigenvalue weighted by molar-refractivity contribution is 7.89. The SMILES string of the molecule is NS(=O)(=O)c1ccc(-c2cc3c(cc2-c2ccc(C(F)(F)F)c(C(F)(F)F)c2)OCO3)cc1. The molecule has 0 saturated carbocycles. The normalized spacial score (nSPS) is 13.9. The van der Waals surface area contributed by atoms with Crippen LogP contribution in [0.3, 0.4) is 0 Å². The van der Waals surface area contributed by atoms with Crippen LogP contribution in [0.2, 0.25) is 0 Å². The van der Waals surface area contributed by atoms with Gasteiger partial charge in [0, 0.05) is 0 Å². The maximum absolute atomic E-state index is 13.5. The van der Waals surface area contributed by atoms with Crippen LogP contribution in [-0.4, -0.2) is 15.2 Å². The van der Waals surface area contributed by atoms with Crippen LogP contribution in [0.1, 0.15) is 11.1 Å². The third-order valence-electron chi connectivity index (χ3n) is 4.95. The lowest BCUT2D eigenvalue weighted by Crippen LogP contribution is -2.16. The van der Waals surface area contributed by atoms with Crippen LogP contribution < -0.4 is 14.6 Å². The molecule has 0 radical (unpaired) electrons. The number of sulfonamides is 1. The second kappa shape index (κ2) is 7.66. The molecule has 0 aliphatic carbocycles. The average Bonchev–Trinajstić information content (AvgIpc) is 3.18. The molecule has 2 N–H and O–H groups in total. The van der Waals surface area contributed by atoms with Crippen LogP contribution in [0.25, 0.3) is 22.3 Å². The van der Waals surface area contributed by atoms with Gasteiger partial charge in [-0.1, -0.05) is 18.2 Å². The number of benzene rings is 3. The van der Waals surface area contributed by atoms with Crippen LogP contribution in [0.15, 0.2) is 59.5 Å². The fraction of sp³-hybridized carbons (Fsp3) is 0.143. The van der Waals surface area contributed by atoms with E-state index in [1.54, 1.807) is 0 Å². The Morgan fingerprint density at radius 2 is 1.18 bits per heavy atom. The second-order valence-electron chi connectivity index (χ2n) is 7.08. The summed E-state index contributed by atoms with van der Waals surface area (Å²) in [6, 6.07) is 9.67. The van der Waals surface area contributed by atoms with Gasteiger partial charge < -0.3 is 9.47 Å². The summed E-state index contributed by atoms with van der Waals surface area (Å²) in [6.45, 7) is -0.149. The maximum Gasteiger partial charge on any atom is 0.417 e. The van der Waals surface area contributed by atoms with Crippen molar-refractivity contribution in [3.63, 3.8) is 0 Å². The van der Waals surface area contributed by atoms with Crippen LogP contribution in [0, 0.1) is 0 Å². The lowest BCUT2D eigenvalue weighted by molar-refractivity contribution is -0.162. The number of hydrogen-bond donors (Lipinski definition) is 1. The number of primary sulfonamides is 1. The third kappa shape index (κ3) is 4.48. The Balaban J connectivity index is 1.93. The Morgan fingerprint density at radius 3 is 1.67 bits per heavy atom. The summed E-state index contributed by atoms with van der Waals surface area (Å²) in [6.07, 6.45) is -10.5. The van der Waals surface area contributed by atoms with Crippen molar-refractivity contribution < 1.29 is 44.2 Å². The molecule has 0 aromatic heterocycles. The molecule has 0 spiro atoms. The van der Waals surface area contributed by atoms with Crippen molar-refractivity contribution in [3.05, 3.63) is 65.7 Å². The molecule has 0 unspecified atom stereocenters. The van der Waals surface area contributed by atoms with Crippen LogP contribution in [-0.2, 0) is 22.4 Å².